The molecule has 0 radical (unpaired) electrons. The molecule has 0 aromatic rings. The number of hydrogen-bond acceptors (Lipinski definition) is 4. The molecule has 3 heterocycles. The van der Waals surface area contributed by atoms with Crippen LogP contribution < -0.4 is 0 Å². The van der Waals surface area contributed by atoms with E-state index in [2.05, 4.69) is 6.92 Å². The highest BCUT2D eigenvalue weighted by molar-refractivity contribution is 5.76. The Hall–Kier alpha value is -0.610. The van der Waals surface area contributed by atoms with Gasteiger partial charge in [-0.3, -0.25) is 0 Å². The second kappa shape index (κ2) is 2.25. The van der Waals surface area contributed by atoms with E-state index in [-0.39, 0.29) is 24.1 Å². The molecule has 3 saturated heterocycles. The Balaban J connectivity index is 2.02. The standard InChI is InChI=1S/C9H12O4/c1-3-5-4(2)7-9(12-5)13-8(10)6(3)11-7/h3-7,9H,1-2H3/t3?,4?,5?,6-,7+,9?/m1/s1. The van der Waals surface area contributed by atoms with Crippen molar-refractivity contribution in [2.75, 3.05) is 0 Å². The Morgan fingerprint density at radius 3 is 2.62 bits per heavy atom. The van der Waals surface area contributed by atoms with Crippen LogP contribution in [0.1, 0.15) is 13.8 Å². The average Bonchev–Trinajstić information content (AvgIpc) is 2.25. The van der Waals surface area contributed by atoms with E-state index in [0.717, 1.165) is 0 Å². The minimum Gasteiger partial charge on any atom is -0.431 e. The van der Waals surface area contributed by atoms with Gasteiger partial charge in [0.15, 0.2) is 6.10 Å². The zero-order chi connectivity index (χ0) is 9.16. The summed E-state index contributed by atoms with van der Waals surface area (Å²) in [6.45, 7) is 4.07. The minimum absolute atomic E-state index is 0.0381. The van der Waals surface area contributed by atoms with E-state index < -0.39 is 12.4 Å². The van der Waals surface area contributed by atoms with Crippen LogP contribution in [0.3, 0.4) is 0 Å². The highest BCUT2D eigenvalue weighted by atomic mass is 16.8. The fourth-order valence-electron chi connectivity index (χ4n) is 2.59. The first-order chi connectivity index (χ1) is 6.18. The lowest BCUT2D eigenvalue weighted by Gasteiger charge is -2.38. The molecule has 3 bridgehead atoms. The van der Waals surface area contributed by atoms with Crippen molar-refractivity contribution in [3.63, 3.8) is 0 Å². The number of fused-ring (bicyclic) bond motifs is 2. The van der Waals surface area contributed by atoms with E-state index in [1.807, 2.05) is 6.92 Å². The molecule has 6 atom stereocenters. The molecule has 4 unspecified atom stereocenters. The zero-order valence-corrected chi connectivity index (χ0v) is 7.60. The Kier molecular flexibility index (Phi) is 1.34. The van der Waals surface area contributed by atoms with E-state index in [0.29, 0.717) is 5.92 Å². The molecule has 3 aliphatic rings. The van der Waals surface area contributed by atoms with E-state index in [4.69, 9.17) is 14.2 Å². The van der Waals surface area contributed by atoms with Gasteiger partial charge in [0.05, 0.1) is 6.10 Å². The quantitative estimate of drug-likeness (QED) is 0.508. The monoisotopic (exact) mass is 184 g/mol. The summed E-state index contributed by atoms with van der Waals surface area (Å²) >= 11 is 0. The van der Waals surface area contributed by atoms with E-state index >= 15 is 0 Å². The topological polar surface area (TPSA) is 44.8 Å². The third-order valence-corrected chi connectivity index (χ3v) is 3.36. The van der Waals surface area contributed by atoms with Gasteiger partial charge in [-0.05, 0) is 0 Å². The summed E-state index contributed by atoms with van der Waals surface area (Å²) < 4.78 is 16.3. The molecule has 0 aromatic carbocycles. The molecule has 0 aliphatic carbocycles. The van der Waals surface area contributed by atoms with Crippen molar-refractivity contribution >= 4 is 5.97 Å². The van der Waals surface area contributed by atoms with Crippen LogP contribution in [0.2, 0.25) is 0 Å². The molecule has 0 saturated carbocycles. The van der Waals surface area contributed by atoms with Gasteiger partial charge in [0, 0.05) is 11.8 Å². The summed E-state index contributed by atoms with van der Waals surface area (Å²) in [6, 6.07) is 0. The molecular formula is C9H12O4. The van der Waals surface area contributed by atoms with Crippen LogP contribution in [0.5, 0.6) is 0 Å². The molecule has 3 rings (SSSR count). The first-order valence-corrected chi connectivity index (χ1v) is 4.70. The summed E-state index contributed by atoms with van der Waals surface area (Å²) in [4.78, 5) is 11.3. The normalized spacial score (nSPS) is 58.2. The second-order valence-corrected chi connectivity index (χ2v) is 4.15. The van der Waals surface area contributed by atoms with E-state index in [1.165, 1.54) is 0 Å². The van der Waals surface area contributed by atoms with Gasteiger partial charge < -0.3 is 14.2 Å². The highest BCUT2D eigenvalue weighted by Crippen LogP contribution is 2.44. The summed E-state index contributed by atoms with van der Waals surface area (Å²) in [6.07, 6.45) is -0.761. The minimum atomic E-state index is -0.450. The SMILES string of the molecule is CC1C2OC3OC(=O)[C@H](O[C@H]31)C2C. The van der Waals surface area contributed by atoms with Crippen LogP contribution >= 0.6 is 0 Å². The van der Waals surface area contributed by atoms with Crippen LogP contribution in [0, 0.1) is 11.8 Å². The van der Waals surface area contributed by atoms with Crippen molar-refractivity contribution in [1.29, 1.82) is 0 Å². The predicted octanol–water partition coefficient (Wildman–Crippen LogP) is 0.308. The van der Waals surface area contributed by atoms with Gasteiger partial charge in [0.1, 0.15) is 6.10 Å². The summed E-state index contributed by atoms with van der Waals surface area (Å²) in [5.74, 6) is 0.193. The highest BCUT2D eigenvalue weighted by Gasteiger charge is 2.59. The third-order valence-electron chi connectivity index (χ3n) is 3.36. The van der Waals surface area contributed by atoms with Crippen molar-refractivity contribution in [3.05, 3.63) is 0 Å². The fraction of sp³-hybridized carbons (Fsp3) is 0.889. The Morgan fingerprint density at radius 1 is 1.08 bits per heavy atom. The maximum Gasteiger partial charge on any atom is 0.338 e. The zero-order valence-electron chi connectivity index (χ0n) is 7.60. The third kappa shape index (κ3) is 0.802. The smallest absolute Gasteiger partial charge is 0.338 e. The number of rotatable bonds is 0. The maximum absolute atomic E-state index is 11.3. The number of carbonyl (C=O) groups is 1. The fourth-order valence-corrected chi connectivity index (χ4v) is 2.59. The van der Waals surface area contributed by atoms with Gasteiger partial charge in [0.25, 0.3) is 0 Å². The van der Waals surface area contributed by atoms with Crippen LogP contribution in [0.15, 0.2) is 0 Å². The molecule has 72 valence electrons. The van der Waals surface area contributed by atoms with Gasteiger partial charge in [-0.25, -0.2) is 4.79 Å². The molecule has 3 aliphatic heterocycles. The average molecular weight is 184 g/mol. The van der Waals surface area contributed by atoms with Crippen molar-refractivity contribution in [3.8, 4) is 0 Å². The van der Waals surface area contributed by atoms with Crippen molar-refractivity contribution in [2.24, 2.45) is 11.8 Å². The molecule has 0 amide bonds. The van der Waals surface area contributed by atoms with E-state index in [9.17, 15) is 4.79 Å². The lowest BCUT2D eigenvalue weighted by atomic mass is 9.84. The maximum atomic E-state index is 11.3. The van der Waals surface area contributed by atoms with Crippen LogP contribution in [-0.4, -0.2) is 30.6 Å². The lowest BCUT2D eigenvalue weighted by molar-refractivity contribution is -0.225. The molecule has 4 nitrogen and oxygen atoms in total. The van der Waals surface area contributed by atoms with Gasteiger partial charge in [-0.1, -0.05) is 13.8 Å². The summed E-state index contributed by atoms with van der Waals surface area (Å²) in [5.41, 5.74) is 0. The van der Waals surface area contributed by atoms with Gasteiger partial charge >= 0.3 is 5.97 Å². The van der Waals surface area contributed by atoms with E-state index in [1.54, 1.807) is 0 Å². The molecule has 3 fully saturated rings. The van der Waals surface area contributed by atoms with Crippen molar-refractivity contribution in [1.82, 2.24) is 0 Å². The Labute approximate surface area is 76.1 Å². The largest absolute Gasteiger partial charge is 0.431 e. The molecule has 4 heteroatoms. The van der Waals surface area contributed by atoms with Gasteiger partial charge in [-0.2, -0.15) is 0 Å². The number of carbonyl (C=O) groups excluding carboxylic acids is 1. The number of esters is 1. The molecule has 13 heavy (non-hydrogen) atoms. The second-order valence-electron chi connectivity index (χ2n) is 4.15. The van der Waals surface area contributed by atoms with Crippen molar-refractivity contribution < 1.29 is 19.0 Å². The first kappa shape index (κ1) is 7.76. The predicted molar refractivity (Wildman–Crippen MR) is 41.7 cm³/mol. The van der Waals surface area contributed by atoms with Crippen molar-refractivity contribution in [2.45, 2.75) is 38.4 Å². The Morgan fingerprint density at radius 2 is 1.85 bits per heavy atom. The summed E-state index contributed by atoms with van der Waals surface area (Å²) in [5, 5.41) is 0. The van der Waals surface area contributed by atoms with Gasteiger partial charge in [-0.15, -0.1) is 0 Å². The number of hydrogen-bond donors (Lipinski definition) is 0. The molecule has 0 spiro atoms. The first-order valence-electron chi connectivity index (χ1n) is 4.70. The molecule has 0 N–H and O–H groups in total. The number of ether oxygens (including phenoxy) is 3. The molecular weight excluding hydrogens is 172 g/mol. The van der Waals surface area contributed by atoms with Crippen LogP contribution in [0.4, 0.5) is 0 Å². The van der Waals surface area contributed by atoms with Crippen LogP contribution in [0.25, 0.3) is 0 Å². The summed E-state index contributed by atoms with van der Waals surface area (Å²) in [7, 11) is 0. The van der Waals surface area contributed by atoms with Crippen LogP contribution in [-0.2, 0) is 19.0 Å². The molecule has 0 aromatic heterocycles. The Bertz CT molecular complexity index is 264. The van der Waals surface area contributed by atoms with Gasteiger partial charge in [0.2, 0.25) is 6.29 Å². The lowest BCUT2D eigenvalue weighted by Crippen LogP contribution is -2.53.